The number of rotatable bonds is 6. The molecule has 1 heterocycles. The maximum Gasteiger partial charge on any atom is 0.165 e. The average Bonchev–Trinajstić information content (AvgIpc) is 2.55. The maximum absolute atomic E-state index is 5.67. The summed E-state index contributed by atoms with van der Waals surface area (Å²) in [6, 6.07) is 6.59. The molecule has 118 valence electrons. The van der Waals surface area contributed by atoms with Gasteiger partial charge in [-0.15, -0.1) is 0 Å². The van der Waals surface area contributed by atoms with Gasteiger partial charge in [0.05, 0.1) is 14.2 Å². The first kappa shape index (κ1) is 16.1. The van der Waals surface area contributed by atoms with E-state index < -0.39 is 0 Å². The molecule has 0 bridgehead atoms. The number of piperazine rings is 1. The molecule has 2 atom stereocenters. The Bertz CT molecular complexity index is 444. The summed E-state index contributed by atoms with van der Waals surface area (Å²) in [5.41, 5.74) is 1.24. The molecule has 4 heteroatoms. The van der Waals surface area contributed by atoms with E-state index in [0.29, 0.717) is 12.0 Å². The third kappa shape index (κ3) is 3.50. The SMILES string of the molecule is CCC(C)[C@@H](c1cccc(OC)c1OC)N1CCNCC1. The minimum absolute atomic E-state index is 0.377. The van der Waals surface area contributed by atoms with Crippen LogP contribution in [0.2, 0.25) is 0 Å². The van der Waals surface area contributed by atoms with Gasteiger partial charge in [-0.2, -0.15) is 0 Å². The fourth-order valence-electron chi connectivity index (χ4n) is 3.19. The summed E-state index contributed by atoms with van der Waals surface area (Å²) in [7, 11) is 3.43. The van der Waals surface area contributed by atoms with Crippen LogP contribution in [-0.2, 0) is 0 Å². The lowest BCUT2D eigenvalue weighted by Crippen LogP contribution is -2.46. The summed E-state index contributed by atoms with van der Waals surface area (Å²) >= 11 is 0. The van der Waals surface area contributed by atoms with Crippen LogP contribution in [0.3, 0.4) is 0 Å². The molecule has 1 N–H and O–H groups in total. The molecular weight excluding hydrogens is 264 g/mol. The first-order valence-corrected chi connectivity index (χ1v) is 7.88. The monoisotopic (exact) mass is 292 g/mol. The van der Waals surface area contributed by atoms with Crippen molar-refractivity contribution < 1.29 is 9.47 Å². The second-order valence-corrected chi connectivity index (χ2v) is 5.70. The van der Waals surface area contributed by atoms with E-state index in [4.69, 9.17) is 9.47 Å². The highest BCUT2D eigenvalue weighted by atomic mass is 16.5. The number of hydrogen-bond donors (Lipinski definition) is 1. The molecule has 1 aliphatic rings. The minimum Gasteiger partial charge on any atom is -0.493 e. The zero-order valence-corrected chi connectivity index (χ0v) is 13.7. The lowest BCUT2D eigenvalue weighted by atomic mass is 9.89. The molecule has 1 unspecified atom stereocenters. The maximum atomic E-state index is 5.67. The van der Waals surface area contributed by atoms with Crippen LogP contribution >= 0.6 is 0 Å². The Labute approximate surface area is 128 Å². The Morgan fingerprint density at radius 3 is 2.48 bits per heavy atom. The van der Waals surface area contributed by atoms with Crippen molar-refractivity contribution in [1.29, 1.82) is 0 Å². The molecule has 4 nitrogen and oxygen atoms in total. The summed E-state index contributed by atoms with van der Waals surface area (Å²) in [4.78, 5) is 2.57. The molecule has 0 aliphatic carbocycles. The molecule has 2 rings (SSSR count). The van der Waals surface area contributed by atoms with Crippen LogP contribution in [-0.4, -0.2) is 45.3 Å². The van der Waals surface area contributed by atoms with Crippen molar-refractivity contribution in [2.45, 2.75) is 26.3 Å². The highest BCUT2D eigenvalue weighted by molar-refractivity contribution is 5.48. The first-order chi connectivity index (χ1) is 10.2. The Morgan fingerprint density at radius 2 is 1.90 bits per heavy atom. The van der Waals surface area contributed by atoms with Crippen molar-refractivity contribution in [3.63, 3.8) is 0 Å². The second kappa shape index (κ2) is 7.66. The van der Waals surface area contributed by atoms with Gasteiger partial charge in [0.15, 0.2) is 11.5 Å². The number of para-hydroxylation sites is 1. The van der Waals surface area contributed by atoms with E-state index in [-0.39, 0.29) is 0 Å². The van der Waals surface area contributed by atoms with Gasteiger partial charge in [0, 0.05) is 37.8 Å². The van der Waals surface area contributed by atoms with Crippen molar-refractivity contribution in [3.8, 4) is 11.5 Å². The van der Waals surface area contributed by atoms with Gasteiger partial charge in [-0.1, -0.05) is 32.4 Å². The van der Waals surface area contributed by atoms with Gasteiger partial charge in [0.2, 0.25) is 0 Å². The van der Waals surface area contributed by atoms with E-state index in [2.05, 4.69) is 36.2 Å². The Kier molecular flexibility index (Phi) is 5.88. The van der Waals surface area contributed by atoms with Crippen LogP contribution in [0.25, 0.3) is 0 Å². The van der Waals surface area contributed by atoms with Gasteiger partial charge >= 0.3 is 0 Å². The Hall–Kier alpha value is -1.26. The fraction of sp³-hybridized carbons (Fsp3) is 0.647. The summed E-state index contributed by atoms with van der Waals surface area (Å²) in [5, 5.41) is 3.43. The normalized spacial score (nSPS) is 19.0. The quantitative estimate of drug-likeness (QED) is 0.874. The van der Waals surface area contributed by atoms with Gasteiger partial charge in [0.25, 0.3) is 0 Å². The summed E-state index contributed by atoms with van der Waals surface area (Å²) in [5.74, 6) is 2.27. The van der Waals surface area contributed by atoms with E-state index in [1.165, 1.54) is 5.56 Å². The molecule has 0 spiro atoms. The van der Waals surface area contributed by atoms with Crippen LogP contribution in [0, 0.1) is 5.92 Å². The first-order valence-electron chi connectivity index (χ1n) is 7.88. The molecular formula is C17H28N2O2. The zero-order valence-electron chi connectivity index (χ0n) is 13.7. The lowest BCUT2D eigenvalue weighted by molar-refractivity contribution is 0.125. The number of nitrogens with zero attached hydrogens (tertiary/aromatic N) is 1. The molecule has 21 heavy (non-hydrogen) atoms. The Balaban J connectivity index is 2.40. The zero-order chi connectivity index (χ0) is 15.2. The van der Waals surface area contributed by atoms with Crippen LogP contribution in [0.4, 0.5) is 0 Å². The predicted molar refractivity (Wildman–Crippen MR) is 86.2 cm³/mol. The van der Waals surface area contributed by atoms with Crippen LogP contribution in [0.15, 0.2) is 18.2 Å². The highest BCUT2D eigenvalue weighted by Crippen LogP contribution is 2.41. The Morgan fingerprint density at radius 1 is 1.19 bits per heavy atom. The minimum atomic E-state index is 0.377. The average molecular weight is 292 g/mol. The van der Waals surface area contributed by atoms with Crippen LogP contribution in [0.5, 0.6) is 11.5 Å². The number of hydrogen-bond acceptors (Lipinski definition) is 4. The van der Waals surface area contributed by atoms with Crippen molar-refractivity contribution in [2.24, 2.45) is 5.92 Å². The number of benzene rings is 1. The second-order valence-electron chi connectivity index (χ2n) is 5.70. The molecule has 1 aliphatic heterocycles. The van der Waals surface area contributed by atoms with Crippen LogP contribution < -0.4 is 14.8 Å². The fourth-order valence-corrected chi connectivity index (χ4v) is 3.19. The summed E-state index contributed by atoms with van der Waals surface area (Å²) < 4.78 is 11.1. The van der Waals surface area contributed by atoms with E-state index in [1.807, 2.05) is 6.07 Å². The predicted octanol–water partition coefficient (Wildman–Crippen LogP) is 2.70. The molecule has 0 aromatic heterocycles. The summed E-state index contributed by atoms with van der Waals surface area (Å²) in [6.45, 7) is 8.85. The highest BCUT2D eigenvalue weighted by Gasteiger charge is 2.29. The number of ether oxygens (including phenoxy) is 2. The number of nitrogens with one attached hydrogen (secondary N) is 1. The molecule has 0 amide bonds. The third-order valence-electron chi connectivity index (χ3n) is 4.48. The van der Waals surface area contributed by atoms with Crippen molar-refractivity contribution in [1.82, 2.24) is 10.2 Å². The van der Waals surface area contributed by atoms with E-state index in [1.54, 1.807) is 14.2 Å². The van der Waals surface area contributed by atoms with Gasteiger partial charge in [-0.05, 0) is 12.0 Å². The molecule has 1 aromatic carbocycles. The van der Waals surface area contributed by atoms with E-state index in [0.717, 1.165) is 44.1 Å². The van der Waals surface area contributed by atoms with Gasteiger partial charge in [-0.25, -0.2) is 0 Å². The standard InChI is InChI=1S/C17H28N2O2/c1-5-13(2)16(19-11-9-18-10-12-19)14-7-6-8-15(20-3)17(14)21-4/h6-8,13,16,18H,5,9-12H2,1-4H3/t13?,16-/m0/s1. The largest absolute Gasteiger partial charge is 0.493 e. The molecule has 1 aromatic rings. The van der Waals surface area contributed by atoms with Gasteiger partial charge in [-0.3, -0.25) is 4.90 Å². The topological polar surface area (TPSA) is 33.7 Å². The van der Waals surface area contributed by atoms with Gasteiger partial charge < -0.3 is 14.8 Å². The lowest BCUT2D eigenvalue weighted by Gasteiger charge is -2.39. The number of methoxy groups -OCH3 is 2. The van der Waals surface area contributed by atoms with Gasteiger partial charge in [0.1, 0.15) is 0 Å². The van der Waals surface area contributed by atoms with E-state index >= 15 is 0 Å². The molecule has 0 radical (unpaired) electrons. The van der Waals surface area contributed by atoms with Crippen molar-refractivity contribution in [3.05, 3.63) is 23.8 Å². The van der Waals surface area contributed by atoms with Crippen LogP contribution in [0.1, 0.15) is 31.9 Å². The van der Waals surface area contributed by atoms with Crippen molar-refractivity contribution >= 4 is 0 Å². The van der Waals surface area contributed by atoms with E-state index in [9.17, 15) is 0 Å². The molecule has 1 fully saturated rings. The third-order valence-corrected chi connectivity index (χ3v) is 4.48. The van der Waals surface area contributed by atoms with Crippen molar-refractivity contribution in [2.75, 3.05) is 40.4 Å². The molecule has 0 saturated carbocycles. The summed E-state index contributed by atoms with van der Waals surface area (Å²) in [6.07, 6.45) is 1.15. The smallest absolute Gasteiger partial charge is 0.165 e. The molecule has 1 saturated heterocycles.